The van der Waals surface area contributed by atoms with Crippen LogP contribution >= 0.6 is 0 Å². The second-order valence-corrected chi connectivity index (χ2v) is 11.6. The van der Waals surface area contributed by atoms with Crippen LogP contribution < -0.4 is 0 Å². The monoisotopic (exact) mass is 454 g/mol. The SMILES string of the molecule is CC(C)(C)c1ccnc(-c2cc(C(C)(C)C)cc(C3CCCC(/N=C/c4ccccn4)C3)n2)c1. The van der Waals surface area contributed by atoms with Gasteiger partial charge >= 0.3 is 0 Å². The van der Waals surface area contributed by atoms with E-state index in [9.17, 15) is 0 Å². The number of nitrogens with zero attached hydrogens (tertiary/aromatic N) is 4. The molecule has 2 atom stereocenters. The summed E-state index contributed by atoms with van der Waals surface area (Å²) in [4.78, 5) is 19.2. The Morgan fingerprint density at radius 3 is 2.29 bits per heavy atom. The van der Waals surface area contributed by atoms with Crippen LogP contribution in [0, 0.1) is 0 Å². The highest BCUT2D eigenvalue weighted by Crippen LogP contribution is 2.37. The second kappa shape index (κ2) is 9.77. The normalized spacial score (nSPS) is 19.5. The minimum Gasteiger partial charge on any atom is -0.288 e. The molecule has 0 N–H and O–H groups in total. The summed E-state index contributed by atoms with van der Waals surface area (Å²) in [6.07, 6.45) is 10.1. The first-order valence-corrected chi connectivity index (χ1v) is 12.5. The van der Waals surface area contributed by atoms with Gasteiger partial charge in [-0.25, -0.2) is 0 Å². The molecule has 34 heavy (non-hydrogen) atoms. The lowest BCUT2D eigenvalue weighted by molar-refractivity contribution is 0.390. The lowest BCUT2D eigenvalue weighted by Gasteiger charge is -2.28. The Morgan fingerprint density at radius 1 is 0.824 bits per heavy atom. The van der Waals surface area contributed by atoms with Gasteiger partial charge in [-0.05, 0) is 77.6 Å². The highest BCUT2D eigenvalue weighted by molar-refractivity contribution is 5.76. The molecule has 3 aromatic rings. The topological polar surface area (TPSA) is 51.0 Å². The maximum absolute atomic E-state index is 5.19. The Balaban J connectivity index is 1.66. The molecule has 0 saturated heterocycles. The Kier molecular flexibility index (Phi) is 6.97. The van der Waals surface area contributed by atoms with E-state index < -0.39 is 0 Å². The first kappa shape index (κ1) is 24.3. The van der Waals surface area contributed by atoms with Crippen molar-refractivity contribution in [3.05, 3.63) is 77.4 Å². The molecule has 178 valence electrons. The minimum absolute atomic E-state index is 0.0409. The van der Waals surface area contributed by atoms with E-state index in [0.717, 1.165) is 36.3 Å². The molecule has 1 aliphatic carbocycles. The van der Waals surface area contributed by atoms with E-state index in [1.807, 2.05) is 36.8 Å². The van der Waals surface area contributed by atoms with Gasteiger partial charge in [0.1, 0.15) is 0 Å². The van der Waals surface area contributed by atoms with Crippen LogP contribution in [0.4, 0.5) is 0 Å². The molecule has 4 rings (SSSR count). The molecule has 0 aromatic carbocycles. The number of hydrogen-bond acceptors (Lipinski definition) is 4. The van der Waals surface area contributed by atoms with Crippen molar-refractivity contribution in [2.75, 3.05) is 0 Å². The highest BCUT2D eigenvalue weighted by atomic mass is 14.8. The average molecular weight is 455 g/mol. The molecule has 2 unspecified atom stereocenters. The van der Waals surface area contributed by atoms with Crippen LogP contribution in [0.3, 0.4) is 0 Å². The summed E-state index contributed by atoms with van der Waals surface area (Å²) in [5.41, 5.74) is 6.75. The number of rotatable bonds is 4. The Hall–Kier alpha value is -2.88. The van der Waals surface area contributed by atoms with Crippen LogP contribution in [0.25, 0.3) is 11.4 Å². The minimum atomic E-state index is 0.0409. The van der Waals surface area contributed by atoms with Crippen molar-refractivity contribution in [3.63, 3.8) is 0 Å². The fourth-order valence-electron chi connectivity index (χ4n) is 4.56. The van der Waals surface area contributed by atoms with E-state index >= 15 is 0 Å². The Labute approximate surface area is 205 Å². The highest BCUT2D eigenvalue weighted by Gasteiger charge is 2.26. The molecule has 0 aliphatic heterocycles. The molecular formula is C30H38N4. The third-order valence-corrected chi connectivity index (χ3v) is 6.77. The summed E-state index contributed by atoms with van der Waals surface area (Å²) in [7, 11) is 0. The van der Waals surface area contributed by atoms with Crippen molar-refractivity contribution >= 4 is 6.21 Å². The molecule has 3 heterocycles. The maximum atomic E-state index is 5.19. The summed E-state index contributed by atoms with van der Waals surface area (Å²) in [5.74, 6) is 0.409. The molecular weight excluding hydrogens is 416 g/mol. The zero-order valence-corrected chi connectivity index (χ0v) is 21.5. The largest absolute Gasteiger partial charge is 0.288 e. The molecule has 0 amide bonds. The molecule has 3 aromatic heterocycles. The fourth-order valence-corrected chi connectivity index (χ4v) is 4.56. The Morgan fingerprint density at radius 2 is 1.59 bits per heavy atom. The summed E-state index contributed by atoms with van der Waals surface area (Å²) in [6.45, 7) is 13.5. The van der Waals surface area contributed by atoms with Crippen LogP contribution in [0.5, 0.6) is 0 Å². The Bertz CT molecular complexity index is 1140. The van der Waals surface area contributed by atoms with Crippen molar-refractivity contribution in [2.24, 2.45) is 4.99 Å². The van der Waals surface area contributed by atoms with Gasteiger partial charge in [-0.1, -0.05) is 54.0 Å². The zero-order chi connectivity index (χ0) is 24.3. The van der Waals surface area contributed by atoms with Crippen LogP contribution in [0.15, 0.2) is 59.9 Å². The van der Waals surface area contributed by atoms with Crippen molar-refractivity contribution in [1.82, 2.24) is 15.0 Å². The molecule has 1 saturated carbocycles. The van der Waals surface area contributed by atoms with E-state index in [-0.39, 0.29) is 10.8 Å². The fraction of sp³-hybridized carbons (Fsp3) is 0.467. The van der Waals surface area contributed by atoms with Gasteiger partial charge in [0.2, 0.25) is 0 Å². The molecule has 0 spiro atoms. The van der Waals surface area contributed by atoms with E-state index in [2.05, 4.69) is 70.8 Å². The standard InChI is InChI=1S/C30H38N4/c1-29(2,3)22-13-15-32-27(17-22)28-19-23(30(4,5)6)18-26(34-28)21-10-9-12-24(16-21)33-20-25-11-7-8-14-31-25/h7-8,11,13-15,17-21,24H,9-10,12,16H2,1-6H3/b33-20+. The zero-order valence-electron chi connectivity index (χ0n) is 21.5. The van der Waals surface area contributed by atoms with Gasteiger partial charge in [0.05, 0.1) is 23.1 Å². The molecule has 4 nitrogen and oxygen atoms in total. The third kappa shape index (κ3) is 5.97. The average Bonchev–Trinajstić information content (AvgIpc) is 2.82. The van der Waals surface area contributed by atoms with Gasteiger partial charge in [0, 0.05) is 30.2 Å². The van der Waals surface area contributed by atoms with E-state index in [4.69, 9.17) is 15.0 Å². The molecule has 1 aliphatic rings. The van der Waals surface area contributed by atoms with Crippen LogP contribution in [-0.2, 0) is 10.8 Å². The summed E-state index contributed by atoms with van der Waals surface area (Å²) >= 11 is 0. The summed E-state index contributed by atoms with van der Waals surface area (Å²) in [5, 5.41) is 0. The summed E-state index contributed by atoms with van der Waals surface area (Å²) < 4.78 is 0. The van der Waals surface area contributed by atoms with E-state index in [0.29, 0.717) is 12.0 Å². The van der Waals surface area contributed by atoms with Crippen molar-refractivity contribution in [2.45, 2.75) is 90.0 Å². The van der Waals surface area contributed by atoms with Crippen LogP contribution in [-0.4, -0.2) is 27.2 Å². The third-order valence-electron chi connectivity index (χ3n) is 6.77. The van der Waals surface area contributed by atoms with Crippen molar-refractivity contribution < 1.29 is 0 Å². The molecule has 0 bridgehead atoms. The van der Waals surface area contributed by atoms with Crippen molar-refractivity contribution in [3.8, 4) is 11.4 Å². The predicted octanol–water partition coefficient (Wildman–Crippen LogP) is 7.28. The first-order valence-electron chi connectivity index (χ1n) is 12.5. The second-order valence-electron chi connectivity index (χ2n) is 11.6. The lowest BCUT2D eigenvalue weighted by atomic mass is 9.80. The molecule has 0 radical (unpaired) electrons. The summed E-state index contributed by atoms with van der Waals surface area (Å²) in [6, 6.07) is 15.1. The van der Waals surface area contributed by atoms with Gasteiger partial charge in [0.15, 0.2) is 0 Å². The van der Waals surface area contributed by atoms with Gasteiger partial charge in [0.25, 0.3) is 0 Å². The maximum Gasteiger partial charge on any atom is 0.0892 e. The number of aliphatic imine (C=N–C) groups is 1. The lowest BCUT2D eigenvalue weighted by Crippen LogP contribution is -2.20. The number of pyridine rings is 3. The van der Waals surface area contributed by atoms with Gasteiger partial charge < -0.3 is 0 Å². The van der Waals surface area contributed by atoms with E-state index in [1.165, 1.54) is 23.2 Å². The molecule has 4 heteroatoms. The van der Waals surface area contributed by atoms with E-state index in [1.54, 1.807) is 0 Å². The van der Waals surface area contributed by atoms with Crippen LogP contribution in [0.1, 0.15) is 95.7 Å². The number of aromatic nitrogens is 3. The smallest absolute Gasteiger partial charge is 0.0892 e. The molecule has 1 fully saturated rings. The number of hydrogen-bond donors (Lipinski definition) is 0. The first-order chi connectivity index (χ1) is 16.1. The quantitative estimate of drug-likeness (QED) is 0.389. The van der Waals surface area contributed by atoms with Crippen molar-refractivity contribution in [1.29, 1.82) is 0 Å². The van der Waals surface area contributed by atoms with Crippen LogP contribution in [0.2, 0.25) is 0 Å². The van der Waals surface area contributed by atoms with Gasteiger partial charge in [-0.3, -0.25) is 19.9 Å². The predicted molar refractivity (Wildman–Crippen MR) is 142 cm³/mol. The van der Waals surface area contributed by atoms with Gasteiger partial charge in [-0.15, -0.1) is 0 Å². The van der Waals surface area contributed by atoms with Gasteiger partial charge in [-0.2, -0.15) is 0 Å².